The third-order valence-electron chi connectivity index (χ3n) is 4.08. The summed E-state index contributed by atoms with van der Waals surface area (Å²) in [6.45, 7) is 8.28. The summed E-state index contributed by atoms with van der Waals surface area (Å²) in [5, 5.41) is 19.4. The second-order valence-corrected chi connectivity index (χ2v) is 6.59. The van der Waals surface area contributed by atoms with Crippen LogP contribution in [0.4, 0.5) is 0 Å². The maximum absolute atomic E-state index is 10.5. The van der Waals surface area contributed by atoms with Crippen LogP contribution < -0.4 is 0 Å². The lowest BCUT2D eigenvalue weighted by atomic mass is 10.2. The lowest BCUT2D eigenvalue weighted by Gasteiger charge is -2.37. The van der Waals surface area contributed by atoms with E-state index in [1.807, 2.05) is 18.2 Å². The zero-order valence-corrected chi connectivity index (χ0v) is 14.6. The third kappa shape index (κ3) is 6.54. The van der Waals surface area contributed by atoms with Crippen LogP contribution in [-0.4, -0.2) is 70.9 Å². The van der Waals surface area contributed by atoms with Gasteiger partial charge in [-0.05, 0) is 26.0 Å². The number of aromatic nitrogens is 1. The molecule has 3 unspecified atom stereocenters. The van der Waals surface area contributed by atoms with Crippen LogP contribution >= 0.6 is 0 Å². The molecule has 0 aromatic carbocycles. The fourth-order valence-electron chi connectivity index (χ4n) is 3.25. The van der Waals surface area contributed by atoms with Gasteiger partial charge in [-0.25, -0.2) is 0 Å². The van der Waals surface area contributed by atoms with Crippen molar-refractivity contribution in [3.05, 3.63) is 30.1 Å². The Morgan fingerprint density at radius 3 is 2.79 bits per heavy atom. The van der Waals surface area contributed by atoms with Gasteiger partial charge in [-0.2, -0.15) is 5.26 Å². The first-order chi connectivity index (χ1) is 11.6. The third-order valence-corrected chi connectivity index (χ3v) is 4.08. The smallest absolute Gasteiger partial charge is 0.0793 e. The molecule has 0 spiro atoms. The molecule has 0 saturated carbocycles. The van der Waals surface area contributed by atoms with E-state index < -0.39 is 6.10 Å². The Kier molecular flexibility index (Phi) is 7.60. The van der Waals surface area contributed by atoms with Crippen molar-refractivity contribution in [3.8, 4) is 6.07 Å². The predicted molar refractivity (Wildman–Crippen MR) is 92.2 cm³/mol. The van der Waals surface area contributed by atoms with E-state index in [1.165, 1.54) is 0 Å². The van der Waals surface area contributed by atoms with Gasteiger partial charge in [0.05, 0.1) is 30.1 Å². The summed E-state index contributed by atoms with van der Waals surface area (Å²) >= 11 is 0. The Labute approximate surface area is 144 Å². The van der Waals surface area contributed by atoms with E-state index >= 15 is 0 Å². The second-order valence-electron chi connectivity index (χ2n) is 6.59. The Morgan fingerprint density at radius 2 is 2.17 bits per heavy atom. The molecule has 0 amide bonds. The molecule has 3 atom stereocenters. The number of rotatable bonds is 8. The van der Waals surface area contributed by atoms with E-state index in [0.29, 0.717) is 32.6 Å². The highest BCUT2D eigenvalue weighted by Gasteiger charge is 2.24. The summed E-state index contributed by atoms with van der Waals surface area (Å²) in [7, 11) is 0. The Hall–Kier alpha value is -1.52. The lowest BCUT2D eigenvalue weighted by Crippen LogP contribution is -2.49. The van der Waals surface area contributed by atoms with Gasteiger partial charge in [-0.1, -0.05) is 6.07 Å². The van der Waals surface area contributed by atoms with E-state index in [9.17, 15) is 5.11 Å². The standard InChI is InChI=1S/C18H28N4O2/c1-15-10-22(11-16(2)24-15)14-18(23)13-21(9-5-7-19)12-17-6-3-4-8-20-17/h3-4,6,8,15-16,18,23H,5,9-14H2,1-2H3. The molecule has 24 heavy (non-hydrogen) atoms. The molecule has 0 radical (unpaired) electrons. The minimum atomic E-state index is -0.454. The molecule has 2 rings (SSSR count). The van der Waals surface area contributed by atoms with E-state index in [-0.39, 0.29) is 12.2 Å². The maximum atomic E-state index is 10.5. The van der Waals surface area contributed by atoms with E-state index in [0.717, 1.165) is 18.8 Å². The van der Waals surface area contributed by atoms with Gasteiger partial charge in [0.25, 0.3) is 0 Å². The van der Waals surface area contributed by atoms with Crippen LogP contribution in [0.1, 0.15) is 26.0 Å². The molecule has 1 saturated heterocycles. The summed E-state index contributed by atoms with van der Waals surface area (Å²) in [6, 6.07) is 7.99. The monoisotopic (exact) mass is 332 g/mol. The topological polar surface area (TPSA) is 72.6 Å². The number of hydrogen-bond donors (Lipinski definition) is 1. The quantitative estimate of drug-likeness (QED) is 0.773. The first kappa shape index (κ1) is 18.8. The molecule has 2 heterocycles. The molecular formula is C18H28N4O2. The normalized spacial score (nSPS) is 23.1. The number of ether oxygens (including phenoxy) is 1. The molecule has 1 aromatic heterocycles. The van der Waals surface area contributed by atoms with Crippen molar-refractivity contribution in [1.29, 1.82) is 5.26 Å². The molecule has 1 aliphatic rings. The first-order valence-corrected chi connectivity index (χ1v) is 8.62. The van der Waals surface area contributed by atoms with Crippen LogP contribution in [0.3, 0.4) is 0 Å². The summed E-state index contributed by atoms with van der Waals surface area (Å²) in [4.78, 5) is 8.69. The molecule has 0 aliphatic carbocycles. The van der Waals surface area contributed by atoms with Crippen molar-refractivity contribution < 1.29 is 9.84 Å². The van der Waals surface area contributed by atoms with E-state index in [4.69, 9.17) is 10.00 Å². The van der Waals surface area contributed by atoms with Crippen LogP contribution in [0.25, 0.3) is 0 Å². The van der Waals surface area contributed by atoms with Gasteiger partial charge in [0, 0.05) is 51.9 Å². The number of nitriles is 1. The van der Waals surface area contributed by atoms with Crippen molar-refractivity contribution >= 4 is 0 Å². The molecule has 0 bridgehead atoms. The van der Waals surface area contributed by atoms with E-state index in [2.05, 4.69) is 34.7 Å². The van der Waals surface area contributed by atoms with E-state index in [1.54, 1.807) is 6.20 Å². The molecule has 6 heteroatoms. The second kappa shape index (κ2) is 9.70. The van der Waals surface area contributed by atoms with Crippen LogP contribution in [0.2, 0.25) is 0 Å². The van der Waals surface area contributed by atoms with Gasteiger partial charge in [-0.15, -0.1) is 0 Å². The number of β-amino-alcohol motifs (C(OH)–C–C–N with tert-alkyl or cyclic N) is 1. The number of aliphatic hydroxyl groups is 1. The van der Waals surface area contributed by atoms with Gasteiger partial charge in [0.2, 0.25) is 0 Å². The van der Waals surface area contributed by atoms with Crippen LogP contribution in [0.5, 0.6) is 0 Å². The summed E-state index contributed by atoms with van der Waals surface area (Å²) in [5.41, 5.74) is 0.955. The first-order valence-electron chi connectivity index (χ1n) is 8.62. The largest absolute Gasteiger partial charge is 0.390 e. The lowest BCUT2D eigenvalue weighted by molar-refractivity contribution is -0.0781. The number of aliphatic hydroxyl groups excluding tert-OH is 1. The van der Waals surface area contributed by atoms with Crippen LogP contribution in [0, 0.1) is 11.3 Å². The van der Waals surface area contributed by atoms with Gasteiger partial charge < -0.3 is 9.84 Å². The molecule has 1 fully saturated rings. The maximum Gasteiger partial charge on any atom is 0.0793 e. The molecule has 132 valence electrons. The average Bonchev–Trinajstić information content (AvgIpc) is 2.52. The van der Waals surface area contributed by atoms with Gasteiger partial charge in [0.15, 0.2) is 0 Å². The molecule has 6 nitrogen and oxygen atoms in total. The number of morpholine rings is 1. The minimum absolute atomic E-state index is 0.198. The summed E-state index contributed by atoms with van der Waals surface area (Å²) in [6.07, 6.45) is 2.16. The summed E-state index contributed by atoms with van der Waals surface area (Å²) in [5.74, 6) is 0. The predicted octanol–water partition coefficient (Wildman–Crippen LogP) is 1.27. The van der Waals surface area contributed by atoms with Gasteiger partial charge >= 0.3 is 0 Å². The van der Waals surface area contributed by atoms with Crippen molar-refractivity contribution in [2.24, 2.45) is 0 Å². The fraction of sp³-hybridized carbons (Fsp3) is 0.667. The number of pyridine rings is 1. The van der Waals surface area contributed by atoms with Crippen molar-refractivity contribution in [2.75, 3.05) is 32.7 Å². The van der Waals surface area contributed by atoms with Crippen molar-refractivity contribution in [2.45, 2.75) is 45.1 Å². The molecular weight excluding hydrogens is 304 g/mol. The highest BCUT2D eigenvalue weighted by molar-refractivity contribution is 5.03. The molecule has 1 N–H and O–H groups in total. The molecule has 1 aliphatic heterocycles. The van der Waals surface area contributed by atoms with Crippen LogP contribution in [-0.2, 0) is 11.3 Å². The SMILES string of the molecule is CC1CN(CC(O)CN(CCC#N)Cc2ccccn2)CC(C)O1. The van der Waals surface area contributed by atoms with Crippen molar-refractivity contribution in [1.82, 2.24) is 14.8 Å². The zero-order valence-electron chi connectivity index (χ0n) is 14.6. The van der Waals surface area contributed by atoms with Gasteiger partial charge in [0.1, 0.15) is 0 Å². The number of hydrogen-bond acceptors (Lipinski definition) is 6. The zero-order chi connectivity index (χ0) is 17.4. The highest BCUT2D eigenvalue weighted by Crippen LogP contribution is 2.12. The average molecular weight is 332 g/mol. The number of nitrogens with zero attached hydrogens (tertiary/aromatic N) is 4. The molecule has 1 aromatic rings. The fourth-order valence-corrected chi connectivity index (χ4v) is 3.25. The Bertz CT molecular complexity index is 510. The Morgan fingerprint density at radius 1 is 1.42 bits per heavy atom. The van der Waals surface area contributed by atoms with Gasteiger partial charge in [-0.3, -0.25) is 14.8 Å². The highest BCUT2D eigenvalue weighted by atomic mass is 16.5. The minimum Gasteiger partial charge on any atom is -0.390 e. The van der Waals surface area contributed by atoms with Crippen LogP contribution in [0.15, 0.2) is 24.4 Å². The Balaban J connectivity index is 1.86. The summed E-state index contributed by atoms with van der Waals surface area (Å²) < 4.78 is 5.73. The van der Waals surface area contributed by atoms with Crippen molar-refractivity contribution in [3.63, 3.8) is 0 Å².